The predicted molar refractivity (Wildman–Crippen MR) is 67.2 cm³/mol. The molecule has 0 atom stereocenters. The predicted octanol–water partition coefficient (Wildman–Crippen LogP) is 0.180. The van der Waals surface area contributed by atoms with Crippen LogP contribution in [-0.2, 0) is 9.84 Å². The molecule has 18 heavy (non-hydrogen) atoms. The standard InChI is InChI=1S/C12H9BO4S/c14-13(15)8-5-6-10-9-3-1-2-4-11(9)18(16,17)12(10)7-8/h1-7,14-15H. The Morgan fingerprint density at radius 2 is 1.56 bits per heavy atom. The number of sulfone groups is 1. The van der Waals surface area contributed by atoms with E-state index < -0.39 is 17.0 Å². The van der Waals surface area contributed by atoms with Gasteiger partial charge in [-0.3, -0.25) is 0 Å². The van der Waals surface area contributed by atoms with Gasteiger partial charge in [0.2, 0.25) is 9.84 Å². The van der Waals surface area contributed by atoms with E-state index in [0.717, 1.165) is 0 Å². The van der Waals surface area contributed by atoms with Gasteiger partial charge in [0.15, 0.2) is 0 Å². The maximum absolute atomic E-state index is 12.3. The van der Waals surface area contributed by atoms with Crippen LogP contribution in [0.25, 0.3) is 11.1 Å². The van der Waals surface area contributed by atoms with E-state index in [1.165, 1.54) is 12.1 Å². The molecule has 0 unspecified atom stereocenters. The van der Waals surface area contributed by atoms with Crippen LogP contribution in [0.15, 0.2) is 52.3 Å². The summed E-state index contributed by atoms with van der Waals surface area (Å²) >= 11 is 0. The van der Waals surface area contributed by atoms with Gasteiger partial charge in [0, 0.05) is 11.1 Å². The van der Waals surface area contributed by atoms with Gasteiger partial charge in [-0.1, -0.05) is 30.3 Å². The summed E-state index contributed by atoms with van der Waals surface area (Å²) < 4.78 is 24.6. The van der Waals surface area contributed by atoms with E-state index in [9.17, 15) is 8.42 Å². The highest BCUT2D eigenvalue weighted by Crippen LogP contribution is 2.42. The average Bonchev–Trinajstić information content (AvgIpc) is 2.59. The molecule has 6 heteroatoms. The summed E-state index contributed by atoms with van der Waals surface area (Å²) in [7, 11) is -5.22. The number of fused-ring (bicyclic) bond motifs is 3. The molecule has 2 aromatic rings. The first kappa shape index (κ1) is 11.5. The van der Waals surface area contributed by atoms with Crippen LogP contribution in [0.2, 0.25) is 0 Å². The second-order valence-electron chi connectivity index (χ2n) is 4.13. The Morgan fingerprint density at radius 1 is 0.889 bits per heavy atom. The summed E-state index contributed by atoms with van der Waals surface area (Å²) in [6.45, 7) is 0. The number of hydrogen-bond acceptors (Lipinski definition) is 4. The van der Waals surface area contributed by atoms with E-state index in [2.05, 4.69) is 0 Å². The summed E-state index contributed by atoms with van der Waals surface area (Å²) in [5.41, 5.74) is 1.44. The molecule has 3 rings (SSSR count). The summed E-state index contributed by atoms with van der Waals surface area (Å²) in [6, 6.07) is 11.2. The average molecular weight is 260 g/mol. The fourth-order valence-electron chi connectivity index (χ4n) is 2.19. The number of rotatable bonds is 1. The second-order valence-corrected chi connectivity index (χ2v) is 6.02. The van der Waals surface area contributed by atoms with Crippen molar-refractivity contribution in [3.05, 3.63) is 42.5 Å². The molecule has 2 aromatic carbocycles. The van der Waals surface area contributed by atoms with Crippen LogP contribution in [-0.4, -0.2) is 25.6 Å². The fourth-order valence-corrected chi connectivity index (χ4v) is 3.91. The van der Waals surface area contributed by atoms with E-state index in [1.807, 2.05) is 0 Å². The van der Waals surface area contributed by atoms with Gasteiger partial charge in [-0.25, -0.2) is 8.42 Å². The maximum atomic E-state index is 12.3. The van der Waals surface area contributed by atoms with Crippen molar-refractivity contribution < 1.29 is 18.5 Å². The molecule has 0 aliphatic carbocycles. The SMILES string of the molecule is O=S1(=O)c2ccccc2-c2ccc(B(O)O)cc21. The molecule has 0 fully saturated rings. The summed E-state index contributed by atoms with van der Waals surface area (Å²) in [6.07, 6.45) is 0. The van der Waals surface area contributed by atoms with Crippen molar-refractivity contribution in [3.63, 3.8) is 0 Å². The highest BCUT2D eigenvalue weighted by molar-refractivity contribution is 7.92. The molecule has 90 valence electrons. The minimum atomic E-state index is -3.54. The van der Waals surface area contributed by atoms with Crippen molar-refractivity contribution >= 4 is 22.4 Å². The zero-order valence-corrected chi connectivity index (χ0v) is 10.1. The first-order valence-corrected chi connectivity index (χ1v) is 6.85. The van der Waals surface area contributed by atoms with Gasteiger partial charge in [-0.2, -0.15) is 0 Å². The van der Waals surface area contributed by atoms with Crippen LogP contribution < -0.4 is 5.46 Å². The van der Waals surface area contributed by atoms with Crippen molar-refractivity contribution in [2.45, 2.75) is 9.79 Å². The molecule has 0 spiro atoms. The zero-order valence-electron chi connectivity index (χ0n) is 9.24. The minimum Gasteiger partial charge on any atom is -0.423 e. The molecule has 0 bridgehead atoms. The quantitative estimate of drug-likeness (QED) is 0.612. The Labute approximate surface area is 105 Å². The van der Waals surface area contributed by atoms with Gasteiger partial charge in [-0.05, 0) is 17.6 Å². The van der Waals surface area contributed by atoms with E-state index in [1.54, 1.807) is 30.3 Å². The topological polar surface area (TPSA) is 74.6 Å². The van der Waals surface area contributed by atoms with Crippen molar-refractivity contribution in [2.24, 2.45) is 0 Å². The smallest absolute Gasteiger partial charge is 0.423 e. The summed E-state index contributed by atoms with van der Waals surface area (Å²) in [5.74, 6) is 0. The van der Waals surface area contributed by atoms with Gasteiger partial charge >= 0.3 is 7.12 Å². The van der Waals surface area contributed by atoms with Crippen LogP contribution >= 0.6 is 0 Å². The van der Waals surface area contributed by atoms with Crippen LogP contribution in [0.5, 0.6) is 0 Å². The van der Waals surface area contributed by atoms with Gasteiger partial charge < -0.3 is 10.0 Å². The third kappa shape index (κ3) is 1.43. The molecule has 1 aliphatic rings. The summed E-state index contributed by atoms with van der Waals surface area (Å²) in [5, 5.41) is 18.2. The largest absolute Gasteiger partial charge is 0.488 e. The van der Waals surface area contributed by atoms with Gasteiger partial charge in [-0.15, -0.1) is 0 Å². The van der Waals surface area contributed by atoms with E-state index in [-0.39, 0.29) is 15.3 Å². The Balaban J connectivity index is 2.35. The number of hydrogen-bond donors (Lipinski definition) is 2. The lowest BCUT2D eigenvalue weighted by molar-refractivity contribution is 0.425. The van der Waals surface area contributed by atoms with Crippen LogP contribution in [0, 0.1) is 0 Å². The molecule has 1 heterocycles. The van der Waals surface area contributed by atoms with Crippen molar-refractivity contribution in [3.8, 4) is 11.1 Å². The van der Waals surface area contributed by atoms with Crippen molar-refractivity contribution in [1.29, 1.82) is 0 Å². The van der Waals surface area contributed by atoms with E-state index >= 15 is 0 Å². The Kier molecular flexibility index (Phi) is 2.35. The lowest BCUT2D eigenvalue weighted by Crippen LogP contribution is -2.30. The molecule has 1 aliphatic heterocycles. The molecule has 2 N–H and O–H groups in total. The Hall–Kier alpha value is -1.63. The first-order valence-electron chi connectivity index (χ1n) is 5.36. The van der Waals surface area contributed by atoms with Crippen LogP contribution in [0.4, 0.5) is 0 Å². The van der Waals surface area contributed by atoms with Gasteiger partial charge in [0.05, 0.1) is 9.79 Å². The van der Waals surface area contributed by atoms with Crippen molar-refractivity contribution in [2.75, 3.05) is 0 Å². The highest BCUT2D eigenvalue weighted by atomic mass is 32.2. The third-order valence-corrected chi connectivity index (χ3v) is 4.91. The molecule has 0 radical (unpaired) electrons. The van der Waals surface area contributed by atoms with E-state index in [4.69, 9.17) is 10.0 Å². The third-order valence-electron chi connectivity index (χ3n) is 3.06. The van der Waals surface area contributed by atoms with Crippen LogP contribution in [0.1, 0.15) is 0 Å². The van der Waals surface area contributed by atoms with Gasteiger partial charge in [0.1, 0.15) is 0 Å². The number of benzene rings is 2. The molecule has 0 aromatic heterocycles. The maximum Gasteiger partial charge on any atom is 0.488 e. The molecule has 0 saturated heterocycles. The Bertz CT molecular complexity index is 737. The Morgan fingerprint density at radius 3 is 2.28 bits per heavy atom. The molecular formula is C12H9BO4S. The van der Waals surface area contributed by atoms with E-state index in [0.29, 0.717) is 11.1 Å². The molecular weight excluding hydrogens is 251 g/mol. The first-order chi connectivity index (χ1) is 8.51. The lowest BCUT2D eigenvalue weighted by atomic mass is 9.80. The minimum absolute atomic E-state index is 0.134. The fraction of sp³-hybridized carbons (Fsp3) is 0. The van der Waals surface area contributed by atoms with Crippen LogP contribution in [0.3, 0.4) is 0 Å². The lowest BCUT2D eigenvalue weighted by Gasteiger charge is -2.03. The molecule has 0 amide bonds. The monoisotopic (exact) mass is 260 g/mol. The van der Waals surface area contributed by atoms with Gasteiger partial charge in [0.25, 0.3) is 0 Å². The zero-order chi connectivity index (χ0) is 12.9. The van der Waals surface area contributed by atoms with Crippen molar-refractivity contribution in [1.82, 2.24) is 0 Å². The second kappa shape index (κ2) is 3.68. The molecule has 0 saturated carbocycles. The summed E-state index contributed by atoms with van der Waals surface area (Å²) in [4.78, 5) is 0.402. The normalized spacial score (nSPS) is 15.0. The highest BCUT2D eigenvalue weighted by Gasteiger charge is 2.33. The molecule has 4 nitrogen and oxygen atoms in total.